The van der Waals surface area contributed by atoms with Crippen LogP contribution in [0.4, 0.5) is 0 Å². The van der Waals surface area contributed by atoms with Gasteiger partial charge in [-0.2, -0.15) is 0 Å². The summed E-state index contributed by atoms with van der Waals surface area (Å²) in [5.74, 6) is 0.725. The fourth-order valence-corrected chi connectivity index (χ4v) is 1.76. The van der Waals surface area contributed by atoms with Crippen molar-refractivity contribution in [3.8, 4) is 0 Å². The maximum Gasteiger partial charge on any atom is 0.220 e. The van der Waals surface area contributed by atoms with E-state index in [1.54, 1.807) is 0 Å². The van der Waals surface area contributed by atoms with Gasteiger partial charge in [0.25, 0.3) is 0 Å². The highest BCUT2D eigenvalue weighted by Crippen LogP contribution is 2.12. The van der Waals surface area contributed by atoms with E-state index in [-0.39, 0.29) is 11.9 Å². The molecule has 2 rings (SSSR count). The minimum Gasteiger partial charge on any atom is -0.377 e. The molecule has 13 heavy (non-hydrogen) atoms. The highest BCUT2D eigenvalue weighted by atomic mass is 16.5. The molecule has 2 saturated heterocycles. The van der Waals surface area contributed by atoms with E-state index >= 15 is 0 Å². The van der Waals surface area contributed by atoms with Crippen molar-refractivity contribution in [1.82, 2.24) is 10.6 Å². The zero-order chi connectivity index (χ0) is 9.10. The first-order chi connectivity index (χ1) is 6.34. The summed E-state index contributed by atoms with van der Waals surface area (Å²) in [6.45, 7) is 3.43. The van der Waals surface area contributed by atoms with Gasteiger partial charge in [0.15, 0.2) is 0 Å². The average molecular weight is 184 g/mol. The second-order valence-corrected chi connectivity index (χ2v) is 3.86. The quantitative estimate of drug-likeness (QED) is 0.622. The summed E-state index contributed by atoms with van der Waals surface area (Å²) in [6.07, 6.45) is 1.80. The third-order valence-electron chi connectivity index (χ3n) is 2.64. The van der Waals surface area contributed by atoms with E-state index in [0.717, 1.165) is 19.5 Å². The monoisotopic (exact) mass is 184 g/mol. The lowest BCUT2D eigenvalue weighted by Gasteiger charge is -2.27. The second-order valence-electron chi connectivity index (χ2n) is 3.86. The molecule has 2 N–H and O–H groups in total. The molecule has 0 bridgehead atoms. The molecule has 0 spiro atoms. The normalized spacial score (nSPS) is 28.5. The zero-order valence-electron chi connectivity index (χ0n) is 7.71. The summed E-state index contributed by atoms with van der Waals surface area (Å²) in [4.78, 5) is 11.4. The molecule has 4 heteroatoms. The predicted molar refractivity (Wildman–Crippen MR) is 48.3 cm³/mol. The van der Waals surface area contributed by atoms with Gasteiger partial charge in [-0.05, 0) is 25.4 Å². The molecule has 0 saturated carbocycles. The van der Waals surface area contributed by atoms with Gasteiger partial charge in [0.2, 0.25) is 5.91 Å². The lowest BCUT2D eigenvalue weighted by Crippen LogP contribution is -2.48. The Labute approximate surface area is 78.0 Å². The van der Waals surface area contributed by atoms with Crippen LogP contribution in [0.2, 0.25) is 0 Å². The molecule has 1 amide bonds. The molecule has 1 atom stereocenters. The van der Waals surface area contributed by atoms with Crippen molar-refractivity contribution in [2.75, 3.05) is 26.3 Å². The molecule has 2 fully saturated rings. The summed E-state index contributed by atoms with van der Waals surface area (Å²) in [5, 5.41) is 6.21. The Bertz CT molecular complexity index is 186. The van der Waals surface area contributed by atoms with Gasteiger partial charge in [0.1, 0.15) is 0 Å². The van der Waals surface area contributed by atoms with E-state index in [1.807, 2.05) is 0 Å². The molecule has 2 heterocycles. The fraction of sp³-hybridized carbons (Fsp3) is 0.889. The minimum atomic E-state index is 0.182. The Morgan fingerprint density at radius 3 is 2.92 bits per heavy atom. The Kier molecular flexibility index (Phi) is 2.80. The molecular weight excluding hydrogens is 168 g/mol. The van der Waals surface area contributed by atoms with Gasteiger partial charge < -0.3 is 15.4 Å². The minimum absolute atomic E-state index is 0.182. The van der Waals surface area contributed by atoms with Gasteiger partial charge in [0.05, 0.1) is 19.3 Å². The highest BCUT2D eigenvalue weighted by Gasteiger charge is 2.23. The zero-order valence-corrected chi connectivity index (χ0v) is 7.71. The number of carbonyl (C=O) groups is 1. The van der Waals surface area contributed by atoms with E-state index in [9.17, 15) is 4.79 Å². The molecule has 0 aliphatic carbocycles. The molecule has 1 unspecified atom stereocenters. The van der Waals surface area contributed by atoms with E-state index < -0.39 is 0 Å². The van der Waals surface area contributed by atoms with Crippen LogP contribution < -0.4 is 10.6 Å². The molecule has 0 aromatic carbocycles. The third-order valence-corrected chi connectivity index (χ3v) is 2.64. The van der Waals surface area contributed by atoms with Crippen LogP contribution in [-0.2, 0) is 9.53 Å². The summed E-state index contributed by atoms with van der Waals surface area (Å²) < 4.78 is 4.98. The summed E-state index contributed by atoms with van der Waals surface area (Å²) >= 11 is 0. The Morgan fingerprint density at radius 1 is 1.54 bits per heavy atom. The van der Waals surface area contributed by atoms with Crippen molar-refractivity contribution in [2.24, 2.45) is 5.92 Å². The molecule has 2 aliphatic heterocycles. The molecule has 0 aromatic rings. The average Bonchev–Trinajstić information content (AvgIpc) is 2.49. The molecule has 2 aliphatic rings. The van der Waals surface area contributed by atoms with Crippen LogP contribution >= 0.6 is 0 Å². The van der Waals surface area contributed by atoms with Crippen molar-refractivity contribution in [3.05, 3.63) is 0 Å². The Hall–Kier alpha value is -0.610. The number of ether oxygens (including phenoxy) is 1. The van der Waals surface area contributed by atoms with Crippen molar-refractivity contribution in [1.29, 1.82) is 0 Å². The van der Waals surface area contributed by atoms with Crippen LogP contribution in [0.5, 0.6) is 0 Å². The van der Waals surface area contributed by atoms with Gasteiger partial charge in [-0.1, -0.05) is 0 Å². The van der Waals surface area contributed by atoms with Crippen molar-refractivity contribution < 1.29 is 9.53 Å². The van der Waals surface area contributed by atoms with Gasteiger partial charge in [-0.3, -0.25) is 4.79 Å². The Balaban J connectivity index is 1.64. The van der Waals surface area contributed by atoms with Gasteiger partial charge in [0, 0.05) is 6.42 Å². The second kappa shape index (κ2) is 4.07. The van der Waals surface area contributed by atoms with Crippen LogP contribution in [0, 0.1) is 5.92 Å². The first-order valence-electron chi connectivity index (χ1n) is 4.92. The molecule has 0 aromatic heterocycles. The van der Waals surface area contributed by atoms with Crippen LogP contribution in [-0.4, -0.2) is 38.3 Å². The largest absolute Gasteiger partial charge is 0.377 e. The van der Waals surface area contributed by atoms with Gasteiger partial charge >= 0.3 is 0 Å². The van der Waals surface area contributed by atoms with E-state index in [0.29, 0.717) is 25.6 Å². The maximum atomic E-state index is 11.4. The van der Waals surface area contributed by atoms with Crippen LogP contribution in [0.25, 0.3) is 0 Å². The number of rotatable bonds is 3. The molecule has 74 valence electrons. The third kappa shape index (κ3) is 2.42. The number of nitrogens with one attached hydrogen (secondary N) is 2. The lowest BCUT2D eigenvalue weighted by molar-refractivity contribution is -0.126. The number of hydrogen-bond acceptors (Lipinski definition) is 3. The van der Waals surface area contributed by atoms with Crippen molar-refractivity contribution >= 4 is 5.91 Å². The standard InChI is InChI=1S/C9H16N2O2/c12-9(11-8-5-13-6-8)3-7-1-2-10-4-7/h7-8,10H,1-6H2,(H,11,12). The molecular formula is C9H16N2O2. The first-order valence-corrected chi connectivity index (χ1v) is 4.92. The topological polar surface area (TPSA) is 50.4 Å². The van der Waals surface area contributed by atoms with Gasteiger partial charge in [-0.15, -0.1) is 0 Å². The van der Waals surface area contributed by atoms with E-state index in [1.165, 1.54) is 0 Å². The van der Waals surface area contributed by atoms with Crippen LogP contribution in [0.3, 0.4) is 0 Å². The van der Waals surface area contributed by atoms with Crippen molar-refractivity contribution in [3.63, 3.8) is 0 Å². The predicted octanol–water partition coefficient (Wildman–Crippen LogP) is -0.499. The van der Waals surface area contributed by atoms with Crippen molar-refractivity contribution in [2.45, 2.75) is 18.9 Å². The smallest absolute Gasteiger partial charge is 0.220 e. The first kappa shape index (κ1) is 8.97. The maximum absolute atomic E-state index is 11.4. The van der Waals surface area contributed by atoms with E-state index in [2.05, 4.69) is 10.6 Å². The number of amides is 1. The lowest BCUT2D eigenvalue weighted by atomic mass is 10.0. The van der Waals surface area contributed by atoms with E-state index in [4.69, 9.17) is 4.74 Å². The SMILES string of the molecule is O=C(CC1CCNC1)NC1COC1. The summed E-state index contributed by atoms with van der Waals surface area (Å²) in [5.41, 5.74) is 0. The summed E-state index contributed by atoms with van der Waals surface area (Å²) in [6, 6.07) is 0.280. The molecule has 0 radical (unpaired) electrons. The Morgan fingerprint density at radius 2 is 2.38 bits per heavy atom. The fourth-order valence-electron chi connectivity index (χ4n) is 1.76. The number of carbonyl (C=O) groups excluding carboxylic acids is 1. The highest BCUT2D eigenvalue weighted by molar-refractivity contribution is 5.76. The summed E-state index contributed by atoms with van der Waals surface area (Å²) in [7, 11) is 0. The molecule has 4 nitrogen and oxygen atoms in total. The van der Waals surface area contributed by atoms with Crippen LogP contribution in [0.15, 0.2) is 0 Å². The van der Waals surface area contributed by atoms with Gasteiger partial charge in [-0.25, -0.2) is 0 Å². The van der Waals surface area contributed by atoms with Crippen LogP contribution in [0.1, 0.15) is 12.8 Å². The number of hydrogen-bond donors (Lipinski definition) is 2.